The molecule has 1 aromatic heterocycles. The van der Waals surface area contributed by atoms with Crippen molar-refractivity contribution >= 4 is 5.97 Å². The topological polar surface area (TPSA) is 79.9 Å². The van der Waals surface area contributed by atoms with E-state index in [0.717, 1.165) is 6.42 Å². The molecule has 18 heavy (non-hydrogen) atoms. The molecular weight excluding hydrogens is 232 g/mol. The van der Waals surface area contributed by atoms with E-state index >= 15 is 0 Å². The van der Waals surface area contributed by atoms with Gasteiger partial charge in [-0.05, 0) is 34.1 Å². The van der Waals surface area contributed by atoms with Crippen LogP contribution >= 0.6 is 0 Å². The van der Waals surface area contributed by atoms with E-state index in [0.29, 0.717) is 18.3 Å². The van der Waals surface area contributed by atoms with E-state index in [1.54, 1.807) is 0 Å². The average molecular weight is 254 g/mol. The van der Waals surface area contributed by atoms with Crippen molar-refractivity contribution in [1.82, 2.24) is 20.7 Å². The summed E-state index contributed by atoms with van der Waals surface area (Å²) in [6.07, 6.45) is 1.01. The van der Waals surface area contributed by atoms with Crippen LogP contribution in [-0.2, 0) is 11.3 Å². The van der Waals surface area contributed by atoms with Gasteiger partial charge in [-0.1, -0.05) is 6.92 Å². The average Bonchev–Trinajstić information content (AvgIpc) is 2.71. The molecule has 0 amide bonds. The molecular formula is C12H22N4O2. The predicted octanol–water partition coefficient (Wildman–Crippen LogP) is 1.65. The molecule has 1 heterocycles. The van der Waals surface area contributed by atoms with Gasteiger partial charge in [0.25, 0.3) is 0 Å². The number of H-pyrrole nitrogens is 1. The maximum Gasteiger partial charge on any atom is 0.361 e. The normalized spacial score (nSPS) is 13.4. The first-order chi connectivity index (χ1) is 8.33. The van der Waals surface area contributed by atoms with Crippen LogP contribution in [0.4, 0.5) is 0 Å². The number of carbonyl (C=O) groups is 1. The highest BCUT2D eigenvalue weighted by Gasteiger charge is 2.23. The summed E-state index contributed by atoms with van der Waals surface area (Å²) in [7, 11) is 0. The van der Waals surface area contributed by atoms with Crippen LogP contribution in [0, 0.1) is 0 Å². The lowest BCUT2D eigenvalue weighted by Crippen LogP contribution is -2.27. The molecule has 102 valence electrons. The van der Waals surface area contributed by atoms with Gasteiger partial charge in [0.1, 0.15) is 11.3 Å². The molecule has 0 radical (unpaired) electrons. The number of ether oxygens (including phenoxy) is 1. The van der Waals surface area contributed by atoms with Gasteiger partial charge < -0.3 is 10.1 Å². The molecule has 0 aromatic carbocycles. The molecule has 0 bridgehead atoms. The van der Waals surface area contributed by atoms with Crippen molar-refractivity contribution in [3.63, 3.8) is 0 Å². The Hall–Kier alpha value is -1.43. The van der Waals surface area contributed by atoms with Crippen LogP contribution in [0.15, 0.2) is 0 Å². The second-order valence-corrected chi connectivity index (χ2v) is 5.31. The number of esters is 1. The highest BCUT2D eigenvalue weighted by atomic mass is 16.6. The predicted molar refractivity (Wildman–Crippen MR) is 68.1 cm³/mol. The monoisotopic (exact) mass is 254 g/mol. The summed E-state index contributed by atoms with van der Waals surface area (Å²) < 4.78 is 5.27. The highest BCUT2D eigenvalue weighted by molar-refractivity contribution is 5.88. The van der Waals surface area contributed by atoms with Crippen LogP contribution in [0.1, 0.15) is 57.2 Å². The molecule has 1 unspecified atom stereocenters. The van der Waals surface area contributed by atoms with Gasteiger partial charge in [-0.25, -0.2) is 4.79 Å². The van der Waals surface area contributed by atoms with Crippen molar-refractivity contribution in [2.75, 3.05) is 0 Å². The molecule has 2 N–H and O–H groups in total. The van der Waals surface area contributed by atoms with E-state index in [1.807, 2.05) is 20.8 Å². The van der Waals surface area contributed by atoms with Gasteiger partial charge in [0.15, 0.2) is 5.69 Å². The van der Waals surface area contributed by atoms with Gasteiger partial charge in [-0.15, -0.1) is 5.10 Å². The summed E-state index contributed by atoms with van der Waals surface area (Å²) in [4.78, 5) is 11.9. The summed E-state index contributed by atoms with van der Waals surface area (Å²) in [5.41, 5.74) is 0.308. The van der Waals surface area contributed by atoms with Gasteiger partial charge in [0, 0.05) is 12.6 Å². The second kappa shape index (κ2) is 5.95. The molecule has 1 rings (SSSR count). The number of hydrogen-bond acceptors (Lipinski definition) is 5. The summed E-state index contributed by atoms with van der Waals surface area (Å²) in [5, 5.41) is 13.6. The zero-order chi connectivity index (χ0) is 13.8. The highest BCUT2D eigenvalue weighted by Crippen LogP contribution is 2.12. The van der Waals surface area contributed by atoms with Crippen LogP contribution in [0.3, 0.4) is 0 Å². The lowest BCUT2D eigenvalue weighted by molar-refractivity contribution is 0.00613. The first kappa shape index (κ1) is 14.6. The van der Waals surface area contributed by atoms with Crippen LogP contribution in [0.25, 0.3) is 0 Å². The van der Waals surface area contributed by atoms with Crippen molar-refractivity contribution < 1.29 is 9.53 Å². The van der Waals surface area contributed by atoms with Crippen LogP contribution in [0.5, 0.6) is 0 Å². The Morgan fingerprint density at radius 2 is 2.11 bits per heavy atom. The van der Waals surface area contributed by atoms with Gasteiger partial charge in [0.05, 0.1) is 0 Å². The van der Waals surface area contributed by atoms with Crippen LogP contribution in [0.2, 0.25) is 0 Å². The van der Waals surface area contributed by atoms with Crippen molar-refractivity contribution in [3.8, 4) is 0 Å². The molecule has 1 atom stereocenters. The van der Waals surface area contributed by atoms with E-state index in [1.165, 1.54) is 0 Å². The molecule has 0 spiro atoms. The van der Waals surface area contributed by atoms with Crippen molar-refractivity contribution in [2.45, 2.75) is 59.2 Å². The zero-order valence-corrected chi connectivity index (χ0v) is 11.7. The minimum Gasteiger partial charge on any atom is -0.455 e. The third kappa shape index (κ3) is 4.44. The number of hydrogen-bond donors (Lipinski definition) is 2. The minimum atomic E-state index is -0.530. The molecule has 0 saturated carbocycles. The van der Waals surface area contributed by atoms with E-state index in [-0.39, 0.29) is 5.69 Å². The largest absolute Gasteiger partial charge is 0.455 e. The third-order valence-corrected chi connectivity index (χ3v) is 2.44. The Morgan fingerprint density at radius 1 is 1.44 bits per heavy atom. The molecule has 6 heteroatoms. The molecule has 0 aliphatic rings. The quantitative estimate of drug-likeness (QED) is 0.781. The number of nitrogens with one attached hydrogen (secondary N) is 2. The van der Waals surface area contributed by atoms with Gasteiger partial charge in [0.2, 0.25) is 0 Å². The van der Waals surface area contributed by atoms with E-state index in [2.05, 4.69) is 34.6 Å². The second-order valence-electron chi connectivity index (χ2n) is 5.31. The fraction of sp³-hybridized carbons (Fsp3) is 0.750. The number of aromatic amines is 1. The van der Waals surface area contributed by atoms with E-state index < -0.39 is 11.6 Å². The van der Waals surface area contributed by atoms with Crippen LogP contribution < -0.4 is 5.32 Å². The standard InChI is InChI=1S/C12H22N4O2/c1-6-8(2)13-7-9-10(15-16-14-9)11(17)18-12(3,4)5/h8,13H,6-7H2,1-5H3,(H,14,15,16). The lowest BCUT2D eigenvalue weighted by Gasteiger charge is -2.18. The van der Waals surface area contributed by atoms with Crippen molar-refractivity contribution in [3.05, 3.63) is 11.4 Å². The smallest absolute Gasteiger partial charge is 0.361 e. The molecule has 1 aromatic rings. The summed E-state index contributed by atoms with van der Waals surface area (Å²) in [6, 6.07) is 0.369. The maximum absolute atomic E-state index is 11.9. The fourth-order valence-electron chi connectivity index (χ4n) is 1.28. The Kier molecular flexibility index (Phi) is 4.84. The van der Waals surface area contributed by atoms with Crippen molar-refractivity contribution in [1.29, 1.82) is 0 Å². The molecule has 6 nitrogen and oxygen atoms in total. The number of rotatable bonds is 5. The number of aromatic nitrogens is 3. The summed E-state index contributed by atoms with van der Waals surface area (Å²) in [5.74, 6) is -0.447. The Bertz CT molecular complexity index is 395. The maximum atomic E-state index is 11.9. The first-order valence-electron chi connectivity index (χ1n) is 6.20. The van der Waals surface area contributed by atoms with Crippen molar-refractivity contribution in [2.24, 2.45) is 0 Å². The molecule has 0 fully saturated rings. The van der Waals surface area contributed by atoms with Gasteiger partial charge >= 0.3 is 5.97 Å². The molecule has 0 aliphatic carbocycles. The Morgan fingerprint density at radius 3 is 2.67 bits per heavy atom. The zero-order valence-electron chi connectivity index (χ0n) is 11.7. The summed E-state index contributed by atoms with van der Waals surface area (Å²) in [6.45, 7) is 10.1. The summed E-state index contributed by atoms with van der Waals surface area (Å²) >= 11 is 0. The molecule has 0 aliphatic heterocycles. The van der Waals surface area contributed by atoms with E-state index in [4.69, 9.17) is 4.74 Å². The third-order valence-electron chi connectivity index (χ3n) is 2.44. The molecule has 0 saturated heterocycles. The van der Waals surface area contributed by atoms with E-state index in [9.17, 15) is 4.79 Å². The first-order valence-corrected chi connectivity index (χ1v) is 6.20. The Balaban J connectivity index is 2.67. The van der Waals surface area contributed by atoms with Gasteiger partial charge in [-0.2, -0.15) is 10.3 Å². The van der Waals surface area contributed by atoms with Gasteiger partial charge in [-0.3, -0.25) is 0 Å². The number of nitrogens with zero attached hydrogens (tertiary/aromatic N) is 2. The lowest BCUT2D eigenvalue weighted by atomic mass is 10.2. The number of carbonyl (C=O) groups excluding carboxylic acids is 1. The fourth-order valence-corrected chi connectivity index (χ4v) is 1.28. The van der Waals surface area contributed by atoms with Crippen LogP contribution in [-0.4, -0.2) is 33.0 Å². The SMILES string of the molecule is CCC(C)NCc1n[nH]nc1C(=O)OC(C)(C)C. The minimum absolute atomic E-state index is 0.251. The Labute approximate surface area is 107 Å².